The second-order valence-corrected chi connectivity index (χ2v) is 3.86. The molecule has 0 saturated carbocycles. The maximum Gasteiger partial charge on any atom is 0.185 e. The van der Waals surface area contributed by atoms with Crippen molar-refractivity contribution in [3.05, 3.63) is 59.4 Å². The molecule has 0 aliphatic carbocycles. The number of benzene rings is 1. The van der Waals surface area contributed by atoms with Crippen molar-refractivity contribution in [2.45, 2.75) is 6.42 Å². The zero-order chi connectivity index (χ0) is 13.0. The number of hydrogen-bond acceptors (Lipinski definition) is 4. The van der Waals surface area contributed by atoms with Crippen molar-refractivity contribution in [3.63, 3.8) is 0 Å². The van der Waals surface area contributed by atoms with Gasteiger partial charge in [0.1, 0.15) is 17.7 Å². The van der Waals surface area contributed by atoms with Crippen LogP contribution < -0.4 is 0 Å². The first kappa shape index (κ1) is 12.0. The second kappa shape index (κ2) is 5.23. The van der Waals surface area contributed by atoms with Crippen LogP contribution in [0.4, 0.5) is 0 Å². The lowest BCUT2D eigenvalue weighted by atomic mass is 10.1. The number of aldehydes is 1. The van der Waals surface area contributed by atoms with Gasteiger partial charge in [0.05, 0.1) is 0 Å². The molecule has 0 unspecified atom stereocenters. The van der Waals surface area contributed by atoms with Crippen LogP contribution >= 0.6 is 0 Å². The molecule has 1 aromatic carbocycles. The highest BCUT2D eigenvalue weighted by Crippen LogP contribution is 2.13. The number of Topliss-reactive ketones (excluding diaryl/α,β-unsaturated/α-hetero) is 1. The molecule has 0 spiro atoms. The van der Waals surface area contributed by atoms with Crippen molar-refractivity contribution in [3.8, 4) is 5.75 Å². The van der Waals surface area contributed by atoms with Crippen LogP contribution in [0.25, 0.3) is 0 Å². The van der Waals surface area contributed by atoms with E-state index in [9.17, 15) is 14.7 Å². The maximum absolute atomic E-state index is 11.9. The monoisotopic (exact) mass is 241 g/mol. The summed E-state index contributed by atoms with van der Waals surface area (Å²) in [4.78, 5) is 26.5. The number of aromatic nitrogens is 1. The Morgan fingerprint density at radius 1 is 1.28 bits per heavy atom. The van der Waals surface area contributed by atoms with Gasteiger partial charge in [0, 0.05) is 18.2 Å². The molecule has 0 atom stereocenters. The SMILES string of the molecule is O=Cc1ccnc(C(=O)Cc2cccc(O)c2)c1. The number of pyridine rings is 1. The first-order valence-corrected chi connectivity index (χ1v) is 5.41. The topological polar surface area (TPSA) is 67.3 Å². The van der Waals surface area contributed by atoms with Crippen molar-refractivity contribution in [2.75, 3.05) is 0 Å². The van der Waals surface area contributed by atoms with E-state index in [2.05, 4.69) is 4.98 Å². The molecule has 0 aliphatic rings. The van der Waals surface area contributed by atoms with E-state index in [-0.39, 0.29) is 23.6 Å². The largest absolute Gasteiger partial charge is 0.508 e. The molecule has 0 aliphatic heterocycles. The Bertz CT molecular complexity index is 593. The van der Waals surface area contributed by atoms with Crippen molar-refractivity contribution in [2.24, 2.45) is 0 Å². The molecule has 1 N–H and O–H groups in total. The first-order chi connectivity index (χ1) is 8.69. The van der Waals surface area contributed by atoms with Gasteiger partial charge < -0.3 is 5.11 Å². The predicted octanol–water partition coefficient (Wildman–Crippen LogP) is 2.03. The summed E-state index contributed by atoms with van der Waals surface area (Å²) in [5.74, 6) is -0.0702. The lowest BCUT2D eigenvalue weighted by Gasteiger charge is -2.02. The lowest BCUT2D eigenvalue weighted by Crippen LogP contribution is -2.06. The Kier molecular flexibility index (Phi) is 3.48. The van der Waals surface area contributed by atoms with E-state index in [1.165, 1.54) is 24.4 Å². The third-order valence-electron chi connectivity index (χ3n) is 2.48. The van der Waals surface area contributed by atoms with Gasteiger partial charge in [-0.05, 0) is 29.8 Å². The molecular formula is C14H11NO3. The summed E-state index contributed by atoms with van der Waals surface area (Å²) < 4.78 is 0. The van der Waals surface area contributed by atoms with Gasteiger partial charge in [-0.3, -0.25) is 14.6 Å². The average Bonchev–Trinajstić information content (AvgIpc) is 2.39. The maximum atomic E-state index is 11.9. The number of ketones is 1. The van der Waals surface area contributed by atoms with Gasteiger partial charge in [0.25, 0.3) is 0 Å². The molecule has 4 nitrogen and oxygen atoms in total. The molecule has 2 aromatic rings. The molecule has 4 heteroatoms. The Labute approximate surface area is 104 Å². The summed E-state index contributed by atoms with van der Waals surface area (Å²) in [6, 6.07) is 9.49. The van der Waals surface area contributed by atoms with Crippen LogP contribution in [-0.4, -0.2) is 22.2 Å². The van der Waals surface area contributed by atoms with E-state index < -0.39 is 0 Å². The Morgan fingerprint density at radius 3 is 2.83 bits per heavy atom. The summed E-state index contributed by atoms with van der Waals surface area (Å²) in [6.07, 6.45) is 2.25. The molecule has 1 heterocycles. The van der Waals surface area contributed by atoms with E-state index in [0.717, 1.165) is 0 Å². The Balaban J connectivity index is 2.19. The highest BCUT2D eigenvalue weighted by atomic mass is 16.3. The van der Waals surface area contributed by atoms with Gasteiger partial charge in [-0.2, -0.15) is 0 Å². The fourth-order valence-electron chi connectivity index (χ4n) is 1.62. The molecule has 18 heavy (non-hydrogen) atoms. The fraction of sp³-hybridized carbons (Fsp3) is 0.0714. The third kappa shape index (κ3) is 2.79. The predicted molar refractivity (Wildman–Crippen MR) is 65.8 cm³/mol. The van der Waals surface area contributed by atoms with Gasteiger partial charge in [-0.15, -0.1) is 0 Å². The zero-order valence-electron chi connectivity index (χ0n) is 9.54. The molecular weight excluding hydrogens is 230 g/mol. The third-order valence-corrected chi connectivity index (χ3v) is 2.48. The van der Waals surface area contributed by atoms with E-state index in [4.69, 9.17) is 0 Å². The summed E-state index contributed by atoms with van der Waals surface area (Å²) in [7, 11) is 0. The zero-order valence-corrected chi connectivity index (χ0v) is 9.54. The van der Waals surface area contributed by atoms with Crippen LogP contribution in [0.1, 0.15) is 26.4 Å². The van der Waals surface area contributed by atoms with Crippen LogP contribution in [-0.2, 0) is 6.42 Å². The van der Waals surface area contributed by atoms with Crippen LogP contribution in [0.3, 0.4) is 0 Å². The molecule has 90 valence electrons. The van der Waals surface area contributed by atoms with Gasteiger partial charge in [0.2, 0.25) is 0 Å². The summed E-state index contributed by atoms with van der Waals surface area (Å²) in [6.45, 7) is 0. The van der Waals surface area contributed by atoms with E-state index in [1.807, 2.05) is 0 Å². The van der Waals surface area contributed by atoms with E-state index in [1.54, 1.807) is 18.2 Å². The first-order valence-electron chi connectivity index (χ1n) is 5.41. The summed E-state index contributed by atoms with van der Waals surface area (Å²) in [5.41, 5.74) is 1.38. The minimum Gasteiger partial charge on any atom is -0.508 e. The Morgan fingerprint density at radius 2 is 2.11 bits per heavy atom. The summed E-state index contributed by atoms with van der Waals surface area (Å²) in [5, 5.41) is 9.31. The van der Waals surface area contributed by atoms with Crippen molar-refractivity contribution >= 4 is 12.1 Å². The Hall–Kier alpha value is -2.49. The van der Waals surface area contributed by atoms with Crippen molar-refractivity contribution < 1.29 is 14.7 Å². The fourth-order valence-corrected chi connectivity index (χ4v) is 1.62. The number of carbonyl (C=O) groups excluding carboxylic acids is 2. The number of hydrogen-bond donors (Lipinski definition) is 1. The lowest BCUT2D eigenvalue weighted by molar-refractivity contribution is 0.0988. The molecule has 0 saturated heterocycles. The number of carbonyl (C=O) groups is 2. The number of nitrogens with zero attached hydrogens (tertiary/aromatic N) is 1. The van der Waals surface area contributed by atoms with Gasteiger partial charge >= 0.3 is 0 Å². The van der Waals surface area contributed by atoms with Gasteiger partial charge in [-0.1, -0.05) is 12.1 Å². The van der Waals surface area contributed by atoms with E-state index >= 15 is 0 Å². The number of rotatable bonds is 4. The number of aromatic hydroxyl groups is 1. The quantitative estimate of drug-likeness (QED) is 0.657. The molecule has 0 bridgehead atoms. The molecule has 0 radical (unpaired) electrons. The minimum atomic E-state index is -0.190. The highest BCUT2D eigenvalue weighted by molar-refractivity contribution is 5.96. The van der Waals surface area contributed by atoms with Crippen LogP contribution in [0.5, 0.6) is 5.75 Å². The van der Waals surface area contributed by atoms with Gasteiger partial charge in [-0.25, -0.2) is 0 Å². The van der Waals surface area contributed by atoms with Crippen LogP contribution in [0.2, 0.25) is 0 Å². The smallest absolute Gasteiger partial charge is 0.185 e. The number of phenolic OH excluding ortho intramolecular Hbond substituents is 1. The molecule has 2 rings (SSSR count). The summed E-state index contributed by atoms with van der Waals surface area (Å²) >= 11 is 0. The van der Waals surface area contributed by atoms with Crippen molar-refractivity contribution in [1.82, 2.24) is 4.98 Å². The van der Waals surface area contributed by atoms with E-state index in [0.29, 0.717) is 17.4 Å². The molecule has 0 fully saturated rings. The second-order valence-electron chi connectivity index (χ2n) is 3.86. The normalized spacial score (nSPS) is 10.0. The molecule has 0 amide bonds. The van der Waals surface area contributed by atoms with Crippen LogP contribution in [0, 0.1) is 0 Å². The minimum absolute atomic E-state index is 0.120. The standard InChI is InChI=1S/C14H11NO3/c16-9-11-4-5-15-13(7-11)14(18)8-10-2-1-3-12(17)6-10/h1-7,9,17H,8H2. The highest BCUT2D eigenvalue weighted by Gasteiger charge is 2.09. The average molecular weight is 241 g/mol. The van der Waals surface area contributed by atoms with Crippen LogP contribution in [0.15, 0.2) is 42.6 Å². The molecule has 1 aromatic heterocycles. The number of phenols is 1. The van der Waals surface area contributed by atoms with Gasteiger partial charge in [0.15, 0.2) is 5.78 Å². The van der Waals surface area contributed by atoms with Crippen molar-refractivity contribution in [1.29, 1.82) is 0 Å².